The van der Waals surface area contributed by atoms with E-state index in [9.17, 15) is 23.2 Å². The number of anilines is 2. The van der Waals surface area contributed by atoms with Gasteiger partial charge in [-0.25, -0.2) is 18.6 Å². The van der Waals surface area contributed by atoms with Gasteiger partial charge in [0.05, 0.1) is 12.0 Å². The molecule has 10 nitrogen and oxygen atoms in total. The van der Waals surface area contributed by atoms with Crippen LogP contribution in [0.15, 0.2) is 42.7 Å². The molecule has 2 aromatic heterocycles. The van der Waals surface area contributed by atoms with Gasteiger partial charge in [-0.15, -0.1) is 0 Å². The number of pyridine rings is 1. The molecule has 0 spiro atoms. The zero-order valence-corrected chi connectivity index (χ0v) is 21.5. The summed E-state index contributed by atoms with van der Waals surface area (Å²) in [6, 6.07) is 4.77. The van der Waals surface area contributed by atoms with Crippen LogP contribution in [0.2, 0.25) is 0 Å². The SMILES string of the molecule is CC[C@@H](NC(=O)N1C(=O)C(Cc2ccnc(N)c2)[C@H]1C(=O)N(C)c1ccn(C)n1)c1ccc(C)c(F)c1F. The first-order valence-corrected chi connectivity index (χ1v) is 12.1. The van der Waals surface area contributed by atoms with Crippen LogP contribution in [0.4, 0.5) is 25.2 Å². The summed E-state index contributed by atoms with van der Waals surface area (Å²) in [4.78, 5) is 46.2. The van der Waals surface area contributed by atoms with Crippen LogP contribution in [0.5, 0.6) is 0 Å². The summed E-state index contributed by atoms with van der Waals surface area (Å²) in [7, 11) is 3.20. The predicted molar refractivity (Wildman–Crippen MR) is 136 cm³/mol. The van der Waals surface area contributed by atoms with Gasteiger partial charge in [-0.1, -0.05) is 19.1 Å². The Kier molecular flexibility index (Phi) is 7.42. The first kappa shape index (κ1) is 26.7. The van der Waals surface area contributed by atoms with Crippen molar-refractivity contribution < 1.29 is 23.2 Å². The number of aryl methyl sites for hydroxylation is 2. The molecular formula is C26H29F2N7O3. The zero-order chi connectivity index (χ0) is 27.7. The fraction of sp³-hybridized carbons (Fsp3) is 0.346. The van der Waals surface area contributed by atoms with E-state index in [1.165, 1.54) is 41.9 Å². The van der Waals surface area contributed by atoms with E-state index in [4.69, 9.17) is 5.73 Å². The molecule has 3 heterocycles. The fourth-order valence-electron chi connectivity index (χ4n) is 4.57. The molecule has 3 aromatic rings. The van der Waals surface area contributed by atoms with Gasteiger partial charge in [0.15, 0.2) is 17.5 Å². The third-order valence-electron chi connectivity index (χ3n) is 6.75. The molecule has 0 saturated carbocycles. The number of urea groups is 1. The second kappa shape index (κ2) is 10.6. The van der Waals surface area contributed by atoms with Crippen LogP contribution in [0.25, 0.3) is 0 Å². The van der Waals surface area contributed by atoms with E-state index in [-0.39, 0.29) is 29.8 Å². The molecular weight excluding hydrogens is 496 g/mol. The van der Waals surface area contributed by atoms with Crippen LogP contribution in [-0.2, 0) is 23.1 Å². The van der Waals surface area contributed by atoms with Crippen LogP contribution >= 0.6 is 0 Å². The molecule has 38 heavy (non-hydrogen) atoms. The highest BCUT2D eigenvalue weighted by molar-refractivity contribution is 6.12. The molecule has 4 rings (SSSR count). The summed E-state index contributed by atoms with van der Waals surface area (Å²) < 4.78 is 30.4. The number of hydrogen-bond acceptors (Lipinski definition) is 6. The molecule has 1 unspecified atom stereocenters. The minimum Gasteiger partial charge on any atom is -0.384 e. The second-order valence-electron chi connectivity index (χ2n) is 9.31. The average molecular weight is 526 g/mol. The zero-order valence-electron chi connectivity index (χ0n) is 21.5. The lowest BCUT2D eigenvalue weighted by molar-refractivity contribution is -0.156. The number of aromatic nitrogens is 3. The Bertz CT molecular complexity index is 1390. The number of nitrogens with zero attached hydrogens (tertiary/aromatic N) is 5. The molecule has 1 aliphatic rings. The molecule has 3 atom stereocenters. The Balaban J connectivity index is 1.62. The summed E-state index contributed by atoms with van der Waals surface area (Å²) in [6.07, 6.45) is 3.53. The van der Waals surface area contributed by atoms with E-state index in [2.05, 4.69) is 15.4 Å². The maximum atomic E-state index is 14.7. The molecule has 0 bridgehead atoms. The molecule has 1 fully saturated rings. The quantitative estimate of drug-likeness (QED) is 0.457. The lowest BCUT2D eigenvalue weighted by Crippen LogP contribution is -2.70. The topological polar surface area (TPSA) is 126 Å². The number of imide groups is 1. The number of rotatable bonds is 7. The van der Waals surface area contributed by atoms with Crippen molar-refractivity contribution >= 4 is 29.5 Å². The van der Waals surface area contributed by atoms with Gasteiger partial charge in [0.1, 0.15) is 11.9 Å². The summed E-state index contributed by atoms with van der Waals surface area (Å²) in [6.45, 7) is 3.12. The van der Waals surface area contributed by atoms with Crippen LogP contribution in [0.1, 0.15) is 36.1 Å². The van der Waals surface area contributed by atoms with Crippen molar-refractivity contribution in [2.24, 2.45) is 13.0 Å². The van der Waals surface area contributed by atoms with Gasteiger partial charge in [-0.3, -0.25) is 24.1 Å². The summed E-state index contributed by atoms with van der Waals surface area (Å²) in [5.74, 6) is -3.42. The van der Waals surface area contributed by atoms with Gasteiger partial charge in [-0.2, -0.15) is 5.10 Å². The fourth-order valence-corrected chi connectivity index (χ4v) is 4.57. The summed E-state index contributed by atoms with van der Waals surface area (Å²) in [5.41, 5.74) is 6.53. The number of β-lactam (4-membered cyclic amide) rings is 1. The molecule has 1 saturated heterocycles. The Labute approximate surface area is 218 Å². The first-order valence-electron chi connectivity index (χ1n) is 12.1. The van der Waals surface area contributed by atoms with Crippen LogP contribution in [0, 0.1) is 24.5 Å². The molecule has 1 aromatic carbocycles. The number of hydrogen-bond donors (Lipinski definition) is 2. The van der Waals surface area contributed by atoms with E-state index in [0.717, 1.165) is 4.90 Å². The molecule has 0 aliphatic carbocycles. The van der Waals surface area contributed by atoms with Crippen molar-refractivity contribution in [2.75, 3.05) is 17.7 Å². The highest BCUT2D eigenvalue weighted by Gasteiger charge is 2.55. The number of halogens is 2. The minimum absolute atomic E-state index is 0.0470. The standard InChI is InChI=1S/C26H29F2N7O3/c1-5-18(16-7-6-14(2)21(27)22(16)28)31-26(38)35-23(25(37)34(4)20-9-11-33(3)32-20)17(24(35)36)12-15-8-10-30-19(29)13-15/h6-11,13,17-18,23H,5,12H2,1-4H3,(H2,29,30)(H,31,38)/t17?,18-,23+/m1/s1. The van der Waals surface area contributed by atoms with E-state index < -0.39 is 47.5 Å². The third kappa shape index (κ3) is 4.93. The number of carbonyl (C=O) groups is 3. The molecule has 12 heteroatoms. The van der Waals surface area contributed by atoms with E-state index in [1.54, 1.807) is 38.4 Å². The van der Waals surface area contributed by atoms with Crippen LogP contribution in [0.3, 0.4) is 0 Å². The maximum absolute atomic E-state index is 14.7. The molecule has 1 aliphatic heterocycles. The predicted octanol–water partition coefficient (Wildman–Crippen LogP) is 2.88. The largest absolute Gasteiger partial charge is 0.384 e. The van der Waals surface area contributed by atoms with Crippen molar-refractivity contribution in [3.05, 3.63) is 71.1 Å². The lowest BCUT2D eigenvalue weighted by Gasteiger charge is -2.45. The Morgan fingerprint density at radius 1 is 1.21 bits per heavy atom. The first-order chi connectivity index (χ1) is 18.0. The molecule has 200 valence electrons. The van der Waals surface area contributed by atoms with E-state index in [0.29, 0.717) is 11.4 Å². The van der Waals surface area contributed by atoms with Crippen molar-refractivity contribution in [1.29, 1.82) is 0 Å². The van der Waals surface area contributed by atoms with Gasteiger partial charge in [0.25, 0.3) is 5.91 Å². The van der Waals surface area contributed by atoms with Gasteiger partial charge in [0, 0.05) is 38.1 Å². The van der Waals surface area contributed by atoms with Crippen molar-refractivity contribution in [3.8, 4) is 0 Å². The minimum atomic E-state index is -1.15. The lowest BCUT2D eigenvalue weighted by atomic mass is 9.81. The molecule has 3 N–H and O–H groups in total. The van der Waals surface area contributed by atoms with Crippen LogP contribution < -0.4 is 16.0 Å². The monoisotopic (exact) mass is 525 g/mol. The van der Waals surface area contributed by atoms with Crippen LogP contribution in [-0.4, -0.2) is 50.6 Å². The highest BCUT2D eigenvalue weighted by Crippen LogP contribution is 2.33. The Hall–Kier alpha value is -4.35. The summed E-state index contributed by atoms with van der Waals surface area (Å²) in [5, 5.41) is 6.83. The molecule has 0 radical (unpaired) electrons. The Morgan fingerprint density at radius 3 is 2.58 bits per heavy atom. The normalized spacial score (nSPS) is 17.6. The number of amides is 4. The number of nitrogens with one attached hydrogen (secondary N) is 1. The third-order valence-corrected chi connectivity index (χ3v) is 6.75. The number of likely N-dealkylation sites (tertiary alicyclic amines) is 1. The van der Waals surface area contributed by atoms with E-state index >= 15 is 0 Å². The number of carbonyl (C=O) groups excluding carboxylic acids is 3. The number of nitrogen functional groups attached to an aromatic ring is 1. The molecule has 4 amide bonds. The van der Waals surface area contributed by atoms with Gasteiger partial charge in [-0.05, 0) is 43.0 Å². The van der Waals surface area contributed by atoms with Gasteiger partial charge >= 0.3 is 6.03 Å². The number of likely N-dealkylation sites (N-methyl/N-ethyl adjacent to an activating group) is 1. The highest BCUT2D eigenvalue weighted by atomic mass is 19.2. The van der Waals surface area contributed by atoms with E-state index in [1.807, 2.05) is 0 Å². The van der Waals surface area contributed by atoms with Crippen molar-refractivity contribution in [3.63, 3.8) is 0 Å². The van der Waals surface area contributed by atoms with Gasteiger partial charge in [0.2, 0.25) is 5.91 Å². The van der Waals surface area contributed by atoms with Gasteiger partial charge < -0.3 is 11.1 Å². The smallest absolute Gasteiger partial charge is 0.325 e. The maximum Gasteiger partial charge on any atom is 0.325 e. The number of nitrogens with two attached hydrogens (primary N) is 1. The average Bonchev–Trinajstić information content (AvgIpc) is 3.33. The Morgan fingerprint density at radius 2 is 1.95 bits per heavy atom. The van der Waals surface area contributed by atoms with Crippen molar-refractivity contribution in [1.82, 2.24) is 25.0 Å². The number of benzene rings is 1. The van der Waals surface area contributed by atoms with Crippen molar-refractivity contribution in [2.45, 2.75) is 38.8 Å². The summed E-state index contributed by atoms with van der Waals surface area (Å²) >= 11 is 0. The second-order valence-corrected chi connectivity index (χ2v) is 9.31.